The summed E-state index contributed by atoms with van der Waals surface area (Å²) in [6, 6.07) is 5.60. The zero-order chi connectivity index (χ0) is 16.9. The molecule has 1 heterocycles. The average Bonchev–Trinajstić information content (AvgIpc) is 2.92. The van der Waals surface area contributed by atoms with Gasteiger partial charge in [0.15, 0.2) is 0 Å². The molecular weight excluding hydrogens is 309 g/mol. The Kier molecular flexibility index (Phi) is 6.12. The predicted molar refractivity (Wildman–Crippen MR) is 81.9 cm³/mol. The highest BCUT2D eigenvalue weighted by atomic mass is 19.4. The maximum atomic E-state index is 12.4. The molecule has 1 N–H and O–H groups in total. The first-order valence-corrected chi connectivity index (χ1v) is 7.62. The van der Waals surface area contributed by atoms with Gasteiger partial charge in [0.25, 0.3) is 0 Å². The van der Waals surface area contributed by atoms with E-state index in [2.05, 4.69) is 5.32 Å². The fourth-order valence-electron chi connectivity index (χ4n) is 2.89. The van der Waals surface area contributed by atoms with Crippen LogP contribution in [-0.4, -0.2) is 51.5 Å². The van der Waals surface area contributed by atoms with Gasteiger partial charge in [-0.3, -0.25) is 4.90 Å². The normalized spacial score (nSPS) is 19.1. The van der Waals surface area contributed by atoms with Crippen LogP contribution in [0.15, 0.2) is 18.2 Å². The molecule has 0 bridgehead atoms. The molecule has 130 valence electrons. The Labute approximate surface area is 134 Å². The Morgan fingerprint density at radius 1 is 1.26 bits per heavy atom. The highest BCUT2D eigenvalue weighted by molar-refractivity contribution is 5.40. The molecule has 1 aromatic rings. The quantitative estimate of drug-likeness (QED) is 0.832. The van der Waals surface area contributed by atoms with Gasteiger partial charge >= 0.3 is 6.18 Å². The summed E-state index contributed by atoms with van der Waals surface area (Å²) in [5, 5.41) is 3.31. The molecule has 0 spiro atoms. The van der Waals surface area contributed by atoms with E-state index in [0.29, 0.717) is 26.2 Å². The lowest BCUT2D eigenvalue weighted by Gasteiger charge is -2.18. The number of benzene rings is 1. The predicted octanol–water partition coefficient (Wildman–Crippen LogP) is 2.68. The molecule has 0 saturated carbocycles. The zero-order valence-corrected chi connectivity index (χ0v) is 13.4. The Morgan fingerprint density at radius 3 is 2.70 bits per heavy atom. The molecule has 0 aromatic heterocycles. The van der Waals surface area contributed by atoms with E-state index in [9.17, 15) is 13.2 Å². The lowest BCUT2D eigenvalue weighted by molar-refractivity contribution is -0.143. The van der Waals surface area contributed by atoms with Crippen LogP contribution in [0.1, 0.15) is 12.0 Å². The van der Waals surface area contributed by atoms with E-state index in [1.807, 2.05) is 18.2 Å². The van der Waals surface area contributed by atoms with Gasteiger partial charge in [-0.2, -0.15) is 13.2 Å². The summed E-state index contributed by atoms with van der Waals surface area (Å²) >= 11 is 0. The second-order valence-electron chi connectivity index (χ2n) is 5.81. The largest absolute Gasteiger partial charge is 0.497 e. The molecule has 1 atom stereocenters. The van der Waals surface area contributed by atoms with E-state index in [1.165, 1.54) is 4.90 Å². The molecule has 1 aliphatic heterocycles. The van der Waals surface area contributed by atoms with E-state index >= 15 is 0 Å². The van der Waals surface area contributed by atoms with E-state index in [-0.39, 0.29) is 5.92 Å². The number of hydrogen-bond acceptors (Lipinski definition) is 4. The number of hydrogen-bond donors (Lipinski definition) is 1. The summed E-state index contributed by atoms with van der Waals surface area (Å²) in [7, 11) is 3.20. The second-order valence-corrected chi connectivity index (χ2v) is 5.81. The smallest absolute Gasteiger partial charge is 0.401 e. The molecule has 0 unspecified atom stereocenters. The third kappa shape index (κ3) is 5.58. The van der Waals surface area contributed by atoms with Gasteiger partial charge in [-0.1, -0.05) is 6.07 Å². The lowest BCUT2D eigenvalue weighted by Crippen LogP contribution is -2.33. The topological polar surface area (TPSA) is 33.7 Å². The molecule has 4 nitrogen and oxygen atoms in total. The zero-order valence-electron chi connectivity index (χ0n) is 13.4. The third-order valence-electron chi connectivity index (χ3n) is 4.02. The Hall–Kier alpha value is -1.47. The van der Waals surface area contributed by atoms with Crippen molar-refractivity contribution in [3.05, 3.63) is 23.8 Å². The fourth-order valence-corrected chi connectivity index (χ4v) is 2.89. The van der Waals surface area contributed by atoms with Crippen molar-refractivity contribution in [1.29, 1.82) is 0 Å². The van der Waals surface area contributed by atoms with Gasteiger partial charge in [-0.15, -0.1) is 0 Å². The molecule has 2 rings (SSSR count). The van der Waals surface area contributed by atoms with Crippen LogP contribution < -0.4 is 14.8 Å². The van der Waals surface area contributed by atoms with E-state index in [4.69, 9.17) is 9.47 Å². The van der Waals surface area contributed by atoms with Crippen molar-refractivity contribution in [2.45, 2.75) is 19.1 Å². The number of nitrogens with zero attached hydrogens (tertiary/aromatic N) is 1. The summed E-state index contributed by atoms with van der Waals surface area (Å²) in [5.74, 6) is 1.72. The van der Waals surface area contributed by atoms with Crippen molar-refractivity contribution in [1.82, 2.24) is 10.2 Å². The van der Waals surface area contributed by atoms with Gasteiger partial charge in [-0.25, -0.2) is 0 Å². The summed E-state index contributed by atoms with van der Waals surface area (Å²) in [6.45, 7) is 1.51. The monoisotopic (exact) mass is 332 g/mol. The van der Waals surface area contributed by atoms with Crippen molar-refractivity contribution >= 4 is 0 Å². The standard InChI is InChI=1S/C16H23F3N2O2/c1-22-14-4-3-13(15(7-14)23-2)9-20-8-12-5-6-21(10-12)11-16(17,18)19/h3-4,7,12,20H,5-6,8-11H2,1-2H3/t12-/m0/s1. The number of methoxy groups -OCH3 is 2. The highest BCUT2D eigenvalue weighted by Gasteiger charge is 2.34. The summed E-state index contributed by atoms with van der Waals surface area (Å²) in [6.07, 6.45) is -3.32. The van der Waals surface area contributed by atoms with Crippen LogP contribution in [0.5, 0.6) is 11.5 Å². The van der Waals surface area contributed by atoms with Gasteiger partial charge in [0, 0.05) is 24.7 Å². The van der Waals surface area contributed by atoms with Crippen molar-refractivity contribution < 1.29 is 22.6 Å². The molecule has 1 saturated heterocycles. The maximum absolute atomic E-state index is 12.4. The Morgan fingerprint density at radius 2 is 2.04 bits per heavy atom. The first-order valence-electron chi connectivity index (χ1n) is 7.62. The number of ether oxygens (including phenoxy) is 2. The van der Waals surface area contributed by atoms with Crippen LogP contribution in [-0.2, 0) is 6.54 Å². The molecule has 1 aromatic carbocycles. The molecule has 1 aliphatic rings. The summed E-state index contributed by atoms with van der Waals surface area (Å²) < 4.78 is 47.6. The van der Waals surface area contributed by atoms with Crippen molar-refractivity contribution in [2.75, 3.05) is 40.4 Å². The molecule has 0 aliphatic carbocycles. The van der Waals surface area contributed by atoms with Crippen LogP contribution in [0.4, 0.5) is 13.2 Å². The van der Waals surface area contributed by atoms with Gasteiger partial charge < -0.3 is 14.8 Å². The molecular formula is C16H23F3N2O2. The van der Waals surface area contributed by atoms with Crippen molar-refractivity contribution in [2.24, 2.45) is 5.92 Å². The summed E-state index contributed by atoms with van der Waals surface area (Å²) in [5.41, 5.74) is 0.999. The molecule has 0 radical (unpaired) electrons. The Bertz CT molecular complexity index is 509. The van der Waals surface area contributed by atoms with E-state index in [1.54, 1.807) is 14.2 Å². The third-order valence-corrected chi connectivity index (χ3v) is 4.02. The van der Waals surface area contributed by atoms with E-state index in [0.717, 1.165) is 23.5 Å². The number of halogens is 3. The van der Waals surface area contributed by atoms with Crippen LogP contribution in [0.2, 0.25) is 0 Å². The number of rotatable bonds is 7. The van der Waals surface area contributed by atoms with Crippen molar-refractivity contribution in [3.63, 3.8) is 0 Å². The van der Waals surface area contributed by atoms with Crippen molar-refractivity contribution in [3.8, 4) is 11.5 Å². The van der Waals surface area contributed by atoms with Gasteiger partial charge in [-0.05, 0) is 31.5 Å². The molecule has 1 fully saturated rings. The lowest BCUT2D eigenvalue weighted by atomic mass is 10.1. The van der Waals surface area contributed by atoms with Crippen LogP contribution in [0.25, 0.3) is 0 Å². The van der Waals surface area contributed by atoms with Gasteiger partial charge in [0.05, 0.1) is 20.8 Å². The molecule has 23 heavy (non-hydrogen) atoms. The van der Waals surface area contributed by atoms with Gasteiger partial charge in [0.1, 0.15) is 11.5 Å². The van der Waals surface area contributed by atoms with Crippen LogP contribution >= 0.6 is 0 Å². The first kappa shape index (κ1) is 17.9. The number of nitrogens with one attached hydrogen (secondary N) is 1. The van der Waals surface area contributed by atoms with E-state index < -0.39 is 12.7 Å². The molecule has 7 heteroatoms. The average molecular weight is 332 g/mol. The van der Waals surface area contributed by atoms with Crippen LogP contribution in [0.3, 0.4) is 0 Å². The number of likely N-dealkylation sites (tertiary alicyclic amines) is 1. The van der Waals surface area contributed by atoms with Crippen LogP contribution in [0, 0.1) is 5.92 Å². The highest BCUT2D eigenvalue weighted by Crippen LogP contribution is 2.25. The first-order chi connectivity index (χ1) is 10.9. The summed E-state index contributed by atoms with van der Waals surface area (Å²) in [4.78, 5) is 1.47. The minimum absolute atomic E-state index is 0.251. The molecule has 0 amide bonds. The van der Waals surface area contributed by atoms with Gasteiger partial charge in [0.2, 0.25) is 0 Å². The fraction of sp³-hybridized carbons (Fsp3) is 0.625. The maximum Gasteiger partial charge on any atom is 0.401 e. The minimum atomic E-state index is -4.11. The Balaban J connectivity index is 1.78. The second kappa shape index (κ2) is 7.88. The number of alkyl halides is 3. The SMILES string of the molecule is COc1ccc(CNC[C@@H]2CCN(CC(F)(F)F)C2)c(OC)c1. The minimum Gasteiger partial charge on any atom is -0.497 e.